The lowest BCUT2D eigenvalue weighted by Crippen LogP contribution is -2.42. The van der Waals surface area contributed by atoms with Crippen molar-refractivity contribution in [2.45, 2.75) is 39.5 Å². The Morgan fingerprint density at radius 2 is 1.74 bits per heavy atom. The van der Waals surface area contributed by atoms with Crippen LogP contribution in [0.1, 0.15) is 38.7 Å². The van der Waals surface area contributed by atoms with Crippen molar-refractivity contribution in [2.24, 2.45) is 11.8 Å². The third-order valence-electron chi connectivity index (χ3n) is 4.97. The Kier molecular flexibility index (Phi) is 7.95. The van der Waals surface area contributed by atoms with Crippen LogP contribution >= 0.6 is 0 Å². The summed E-state index contributed by atoms with van der Waals surface area (Å²) in [5.41, 5.74) is 1.06. The average molecular weight is 376 g/mol. The summed E-state index contributed by atoms with van der Waals surface area (Å²) in [6.07, 6.45) is 2.38. The zero-order chi connectivity index (χ0) is 19.8. The second-order valence-electron chi connectivity index (χ2n) is 7.53. The Hall–Kier alpha value is -2.24. The summed E-state index contributed by atoms with van der Waals surface area (Å²) >= 11 is 0. The number of hydrogen-bond donors (Lipinski definition) is 1. The number of rotatable bonds is 8. The molecule has 6 heteroatoms. The second-order valence-corrected chi connectivity index (χ2v) is 7.53. The highest BCUT2D eigenvalue weighted by Gasteiger charge is 2.25. The van der Waals surface area contributed by atoms with Crippen molar-refractivity contribution in [3.05, 3.63) is 23.8 Å². The molecule has 1 aromatic carbocycles. The van der Waals surface area contributed by atoms with E-state index in [1.54, 1.807) is 14.2 Å². The third kappa shape index (κ3) is 6.45. The van der Waals surface area contributed by atoms with Gasteiger partial charge in [0.25, 0.3) is 0 Å². The molecule has 0 bridgehead atoms. The second kappa shape index (κ2) is 10.2. The highest BCUT2D eigenvalue weighted by molar-refractivity contribution is 5.83. The van der Waals surface area contributed by atoms with E-state index in [4.69, 9.17) is 9.47 Å². The first-order valence-electron chi connectivity index (χ1n) is 9.68. The average Bonchev–Trinajstić information content (AvgIpc) is 2.65. The summed E-state index contributed by atoms with van der Waals surface area (Å²) in [5, 5.41) is 2.89. The Morgan fingerprint density at radius 1 is 1.07 bits per heavy atom. The number of carbonyl (C=O) groups excluding carboxylic acids is 2. The van der Waals surface area contributed by atoms with E-state index in [0.29, 0.717) is 36.3 Å². The summed E-state index contributed by atoms with van der Waals surface area (Å²) in [5.74, 6) is 2.44. The molecule has 1 heterocycles. The van der Waals surface area contributed by atoms with E-state index >= 15 is 0 Å². The fourth-order valence-corrected chi connectivity index (χ4v) is 3.72. The van der Waals surface area contributed by atoms with Crippen LogP contribution in [0.5, 0.6) is 11.5 Å². The standard InChI is InChI=1S/C21H32N2O4/c1-15-11-16(2)14-23(13-15)21(25)8-7-20(24)22-10-9-17-5-6-18(26-3)19(12-17)27-4/h5-6,12,15-16H,7-11,13-14H2,1-4H3,(H,22,24). The van der Waals surface area contributed by atoms with Gasteiger partial charge < -0.3 is 19.7 Å². The van der Waals surface area contributed by atoms with Gasteiger partial charge in [0.1, 0.15) is 0 Å². The van der Waals surface area contributed by atoms with Crippen molar-refractivity contribution in [2.75, 3.05) is 33.9 Å². The molecule has 0 spiro atoms. The number of piperidine rings is 1. The van der Waals surface area contributed by atoms with E-state index in [2.05, 4.69) is 19.2 Å². The zero-order valence-electron chi connectivity index (χ0n) is 16.9. The number of nitrogens with zero attached hydrogens (tertiary/aromatic N) is 1. The van der Waals surface area contributed by atoms with Gasteiger partial charge in [0.05, 0.1) is 14.2 Å². The summed E-state index contributed by atoms with van der Waals surface area (Å²) in [6, 6.07) is 5.72. The Bertz CT molecular complexity index is 637. The number of benzene rings is 1. The van der Waals surface area contributed by atoms with Crippen molar-refractivity contribution in [1.82, 2.24) is 10.2 Å². The number of ether oxygens (including phenoxy) is 2. The molecule has 1 aromatic rings. The topological polar surface area (TPSA) is 67.9 Å². The minimum Gasteiger partial charge on any atom is -0.493 e. The minimum absolute atomic E-state index is 0.0815. The number of nitrogens with one attached hydrogen (secondary N) is 1. The number of likely N-dealkylation sites (tertiary alicyclic amines) is 1. The number of hydrogen-bond acceptors (Lipinski definition) is 4. The molecular weight excluding hydrogens is 344 g/mol. The molecule has 2 atom stereocenters. The Morgan fingerprint density at radius 3 is 2.37 bits per heavy atom. The van der Waals surface area contributed by atoms with Crippen molar-refractivity contribution < 1.29 is 19.1 Å². The lowest BCUT2D eigenvalue weighted by molar-refractivity contribution is -0.135. The van der Waals surface area contributed by atoms with Gasteiger partial charge in [-0.05, 0) is 42.4 Å². The van der Waals surface area contributed by atoms with Crippen LogP contribution in [0.25, 0.3) is 0 Å². The molecule has 0 radical (unpaired) electrons. The van der Waals surface area contributed by atoms with Crippen LogP contribution < -0.4 is 14.8 Å². The Labute approximate surface area is 162 Å². The van der Waals surface area contributed by atoms with Crippen LogP contribution in [0.15, 0.2) is 18.2 Å². The molecule has 2 amide bonds. The largest absolute Gasteiger partial charge is 0.493 e. The van der Waals surface area contributed by atoms with Crippen LogP contribution in [0.4, 0.5) is 0 Å². The van der Waals surface area contributed by atoms with E-state index in [9.17, 15) is 9.59 Å². The third-order valence-corrected chi connectivity index (χ3v) is 4.97. The summed E-state index contributed by atoms with van der Waals surface area (Å²) in [4.78, 5) is 26.3. The summed E-state index contributed by atoms with van der Waals surface area (Å²) < 4.78 is 10.5. The molecule has 150 valence electrons. The van der Waals surface area contributed by atoms with Gasteiger partial charge in [-0.3, -0.25) is 9.59 Å². The van der Waals surface area contributed by atoms with Crippen LogP contribution in [-0.4, -0.2) is 50.6 Å². The predicted octanol–water partition coefficient (Wildman–Crippen LogP) is 2.65. The fraction of sp³-hybridized carbons (Fsp3) is 0.619. The molecule has 1 aliphatic heterocycles. The first-order valence-corrected chi connectivity index (χ1v) is 9.68. The first-order chi connectivity index (χ1) is 12.9. The van der Waals surface area contributed by atoms with E-state index < -0.39 is 0 Å². The predicted molar refractivity (Wildman–Crippen MR) is 105 cm³/mol. The maximum atomic E-state index is 12.3. The van der Waals surface area contributed by atoms with Crippen LogP contribution in [0.3, 0.4) is 0 Å². The number of methoxy groups -OCH3 is 2. The highest BCUT2D eigenvalue weighted by Crippen LogP contribution is 2.27. The molecule has 0 saturated carbocycles. The van der Waals surface area contributed by atoms with Crippen LogP contribution in [-0.2, 0) is 16.0 Å². The van der Waals surface area contributed by atoms with E-state index in [1.165, 1.54) is 6.42 Å². The maximum Gasteiger partial charge on any atom is 0.223 e. The van der Waals surface area contributed by atoms with Gasteiger partial charge in [-0.15, -0.1) is 0 Å². The zero-order valence-corrected chi connectivity index (χ0v) is 16.9. The SMILES string of the molecule is COc1ccc(CCNC(=O)CCC(=O)N2CC(C)CC(C)C2)cc1OC. The van der Waals surface area contributed by atoms with Gasteiger partial charge in [-0.2, -0.15) is 0 Å². The fourth-order valence-electron chi connectivity index (χ4n) is 3.72. The molecule has 2 unspecified atom stereocenters. The lowest BCUT2D eigenvalue weighted by Gasteiger charge is -2.35. The smallest absolute Gasteiger partial charge is 0.223 e. The normalized spacial score (nSPS) is 19.5. The van der Waals surface area contributed by atoms with Gasteiger partial charge in [0.2, 0.25) is 11.8 Å². The maximum absolute atomic E-state index is 12.3. The van der Waals surface area contributed by atoms with Crippen molar-refractivity contribution in [1.29, 1.82) is 0 Å². The molecule has 1 aliphatic rings. The number of carbonyl (C=O) groups is 2. The van der Waals surface area contributed by atoms with Gasteiger partial charge in [-0.1, -0.05) is 19.9 Å². The molecular formula is C21H32N2O4. The first kappa shape index (κ1) is 21.1. The minimum atomic E-state index is -0.0815. The molecule has 27 heavy (non-hydrogen) atoms. The molecule has 1 fully saturated rings. The van der Waals surface area contributed by atoms with Crippen LogP contribution in [0, 0.1) is 11.8 Å². The van der Waals surface area contributed by atoms with E-state index in [1.807, 2.05) is 23.1 Å². The summed E-state index contributed by atoms with van der Waals surface area (Å²) in [7, 11) is 3.20. The molecule has 0 aromatic heterocycles. The van der Waals surface area contributed by atoms with Gasteiger partial charge in [0.15, 0.2) is 11.5 Å². The van der Waals surface area contributed by atoms with E-state index in [0.717, 1.165) is 18.7 Å². The van der Waals surface area contributed by atoms with Crippen molar-refractivity contribution in [3.8, 4) is 11.5 Å². The number of amides is 2. The van der Waals surface area contributed by atoms with Crippen molar-refractivity contribution in [3.63, 3.8) is 0 Å². The molecule has 6 nitrogen and oxygen atoms in total. The van der Waals surface area contributed by atoms with E-state index in [-0.39, 0.29) is 24.7 Å². The molecule has 2 rings (SSSR count). The lowest BCUT2D eigenvalue weighted by atomic mass is 9.91. The van der Waals surface area contributed by atoms with Crippen LogP contribution in [0.2, 0.25) is 0 Å². The highest BCUT2D eigenvalue weighted by atomic mass is 16.5. The quantitative estimate of drug-likeness (QED) is 0.757. The van der Waals surface area contributed by atoms with Crippen molar-refractivity contribution >= 4 is 11.8 Å². The molecule has 1 saturated heterocycles. The van der Waals surface area contributed by atoms with Gasteiger partial charge >= 0.3 is 0 Å². The van der Waals surface area contributed by atoms with Gasteiger partial charge in [-0.25, -0.2) is 0 Å². The summed E-state index contributed by atoms with van der Waals surface area (Å²) in [6.45, 7) is 6.50. The monoisotopic (exact) mass is 376 g/mol. The molecule has 1 N–H and O–H groups in total. The van der Waals surface area contributed by atoms with Gasteiger partial charge in [0, 0.05) is 32.5 Å². The molecule has 0 aliphatic carbocycles. The Balaban J connectivity index is 1.71.